The highest BCUT2D eigenvalue weighted by Crippen LogP contribution is 2.23. The second kappa shape index (κ2) is 10.4. The first-order valence-electron chi connectivity index (χ1n) is 10.1. The van der Waals surface area contributed by atoms with Crippen molar-refractivity contribution in [2.45, 2.75) is 26.0 Å². The van der Waals surface area contributed by atoms with Crippen LogP contribution in [-0.2, 0) is 20.9 Å². The molecule has 2 aromatic rings. The van der Waals surface area contributed by atoms with Crippen molar-refractivity contribution in [2.75, 3.05) is 19.7 Å². The maximum atomic E-state index is 13.3. The highest BCUT2D eigenvalue weighted by atomic mass is 16.5. The summed E-state index contributed by atoms with van der Waals surface area (Å²) in [4.78, 5) is 39.6. The Kier molecular flexibility index (Phi) is 7.43. The van der Waals surface area contributed by atoms with E-state index in [-0.39, 0.29) is 38.0 Å². The molecule has 7 heteroatoms. The molecule has 1 N–H and O–H groups in total. The van der Waals surface area contributed by atoms with Gasteiger partial charge in [-0.25, -0.2) is 0 Å². The fourth-order valence-electron chi connectivity index (χ4n) is 3.24. The average Bonchev–Trinajstić information content (AvgIpc) is 2.78. The molecule has 31 heavy (non-hydrogen) atoms. The third-order valence-electron chi connectivity index (χ3n) is 4.79. The number of carbonyl (C=O) groups excluding carboxylic acids is 3. The highest BCUT2D eigenvalue weighted by molar-refractivity contribution is 6.01. The van der Waals surface area contributed by atoms with Crippen LogP contribution in [-0.4, -0.2) is 48.4 Å². The Balaban J connectivity index is 1.71. The number of rotatable bonds is 8. The second-order valence-electron chi connectivity index (χ2n) is 7.40. The third-order valence-corrected chi connectivity index (χ3v) is 4.79. The molecule has 2 aromatic carbocycles. The van der Waals surface area contributed by atoms with Gasteiger partial charge in [0.15, 0.2) is 0 Å². The number of ether oxygens (including phenoxy) is 2. The van der Waals surface area contributed by atoms with Crippen LogP contribution in [0.1, 0.15) is 29.3 Å². The van der Waals surface area contributed by atoms with E-state index in [1.54, 1.807) is 24.3 Å². The van der Waals surface area contributed by atoms with Crippen LogP contribution < -0.4 is 10.1 Å². The van der Waals surface area contributed by atoms with Crippen molar-refractivity contribution >= 4 is 17.8 Å². The molecule has 162 valence electrons. The molecule has 1 aliphatic rings. The van der Waals surface area contributed by atoms with Crippen LogP contribution in [0.4, 0.5) is 0 Å². The molecule has 0 spiro atoms. The summed E-state index contributed by atoms with van der Waals surface area (Å²) in [5, 5.41) is 2.72. The van der Waals surface area contributed by atoms with Gasteiger partial charge >= 0.3 is 5.97 Å². The van der Waals surface area contributed by atoms with Crippen molar-refractivity contribution in [1.29, 1.82) is 0 Å². The van der Waals surface area contributed by atoms with Gasteiger partial charge in [-0.2, -0.15) is 0 Å². The van der Waals surface area contributed by atoms with Crippen LogP contribution in [0.3, 0.4) is 0 Å². The molecule has 0 aliphatic carbocycles. The molecule has 1 saturated heterocycles. The topological polar surface area (TPSA) is 84.9 Å². The standard InChI is InChI=1S/C24H26N2O5/c1-17(2)15-30-21-11-7-6-10-19(21)24(29)26-13-12-25-23(28)20(26)14-22(27)31-16-18-8-4-3-5-9-18/h3-11,20H,1,12-16H2,2H3,(H,25,28). The van der Waals surface area contributed by atoms with E-state index in [9.17, 15) is 14.4 Å². The van der Waals surface area contributed by atoms with Crippen LogP contribution in [0, 0.1) is 0 Å². The van der Waals surface area contributed by atoms with Crippen molar-refractivity contribution in [3.8, 4) is 5.75 Å². The number of carbonyl (C=O) groups is 3. The molecule has 0 saturated carbocycles. The number of esters is 1. The summed E-state index contributed by atoms with van der Waals surface area (Å²) >= 11 is 0. The number of hydrogen-bond donors (Lipinski definition) is 1. The zero-order valence-electron chi connectivity index (χ0n) is 17.5. The van der Waals surface area contributed by atoms with E-state index in [0.29, 0.717) is 17.9 Å². The summed E-state index contributed by atoms with van der Waals surface area (Å²) in [6, 6.07) is 15.2. The number of amides is 2. The molecule has 7 nitrogen and oxygen atoms in total. The van der Waals surface area contributed by atoms with Crippen molar-refractivity contribution < 1.29 is 23.9 Å². The quantitative estimate of drug-likeness (QED) is 0.522. The van der Waals surface area contributed by atoms with Gasteiger partial charge in [-0.3, -0.25) is 14.4 Å². The lowest BCUT2D eigenvalue weighted by Gasteiger charge is -2.34. The minimum absolute atomic E-state index is 0.111. The first-order valence-corrected chi connectivity index (χ1v) is 10.1. The molecule has 1 atom stereocenters. The predicted octanol–water partition coefficient (Wildman–Crippen LogP) is 2.72. The molecule has 1 unspecified atom stereocenters. The average molecular weight is 422 g/mol. The number of para-hydroxylation sites is 1. The highest BCUT2D eigenvalue weighted by Gasteiger charge is 2.36. The molecule has 1 aliphatic heterocycles. The lowest BCUT2D eigenvalue weighted by Crippen LogP contribution is -2.57. The van der Waals surface area contributed by atoms with E-state index < -0.39 is 12.0 Å². The van der Waals surface area contributed by atoms with Gasteiger partial charge in [0.1, 0.15) is 25.0 Å². The van der Waals surface area contributed by atoms with E-state index in [1.807, 2.05) is 37.3 Å². The van der Waals surface area contributed by atoms with E-state index in [1.165, 1.54) is 4.90 Å². The smallest absolute Gasteiger partial charge is 0.308 e. The number of hydrogen-bond acceptors (Lipinski definition) is 5. The van der Waals surface area contributed by atoms with Crippen molar-refractivity contribution in [3.63, 3.8) is 0 Å². The molecular weight excluding hydrogens is 396 g/mol. The van der Waals surface area contributed by atoms with Gasteiger partial charge in [-0.1, -0.05) is 49.0 Å². The van der Waals surface area contributed by atoms with Gasteiger partial charge in [0, 0.05) is 13.1 Å². The van der Waals surface area contributed by atoms with Gasteiger partial charge in [0.25, 0.3) is 5.91 Å². The summed E-state index contributed by atoms with van der Waals surface area (Å²) in [5.41, 5.74) is 2.00. The van der Waals surface area contributed by atoms with Gasteiger partial charge in [0.2, 0.25) is 5.91 Å². The maximum Gasteiger partial charge on any atom is 0.308 e. The first-order chi connectivity index (χ1) is 15.0. The molecule has 1 fully saturated rings. The molecule has 0 radical (unpaired) electrons. The summed E-state index contributed by atoms with van der Waals surface area (Å²) in [6.07, 6.45) is -0.223. The van der Waals surface area contributed by atoms with Crippen LogP contribution in [0.2, 0.25) is 0 Å². The summed E-state index contributed by atoms with van der Waals surface area (Å²) in [5.74, 6) is -0.882. The Labute approximate surface area is 181 Å². The Morgan fingerprint density at radius 1 is 1.13 bits per heavy atom. The summed E-state index contributed by atoms with van der Waals surface area (Å²) in [7, 11) is 0. The van der Waals surface area contributed by atoms with E-state index >= 15 is 0 Å². The minimum atomic E-state index is -0.946. The van der Waals surface area contributed by atoms with E-state index in [0.717, 1.165) is 11.1 Å². The van der Waals surface area contributed by atoms with Crippen LogP contribution in [0.5, 0.6) is 5.75 Å². The van der Waals surface area contributed by atoms with Crippen molar-refractivity contribution in [3.05, 3.63) is 77.9 Å². The fourth-order valence-corrected chi connectivity index (χ4v) is 3.24. The Hall–Kier alpha value is -3.61. The van der Waals surface area contributed by atoms with Crippen molar-refractivity contribution in [1.82, 2.24) is 10.2 Å². The molecular formula is C24H26N2O5. The van der Waals surface area contributed by atoms with E-state index in [2.05, 4.69) is 11.9 Å². The fraction of sp³-hybridized carbons (Fsp3) is 0.292. The monoisotopic (exact) mass is 422 g/mol. The van der Waals surface area contributed by atoms with Gasteiger partial charge < -0.3 is 19.7 Å². The first kappa shape index (κ1) is 22.1. The minimum Gasteiger partial charge on any atom is -0.488 e. The number of nitrogens with one attached hydrogen (secondary N) is 1. The molecule has 0 aromatic heterocycles. The summed E-state index contributed by atoms with van der Waals surface area (Å²) in [6.45, 7) is 6.62. The third kappa shape index (κ3) is 5.94. The Morgan fingerprint density at radius 2 is 1.84 bits per heavy atom. The number of benzene rings is 2. The van der Waals surface area contributed by atoms with E-state index in [4.69, 9.17) is 9.47 Å². The zero-order valence-corrected chi connectivity index (χ0v) is 17.5. The van der Waals surface area contributed by atoms with Gasteiger partial charge in [-0.15, -0.1) is 0 Å². The van der Waals surface area contributed by atoms with Gasteiger partial charge in [0.05, 0.1) is 12.0 Å². The largest absolute Gasteiger partial charge is 0.488 e. The lowest BCUT2D eigenvalue weighted by molar-refractivity contribution is -0.148. The van der Waals surface area contributed by atoms with Crippen LogP contribution in [0.25, 0.3) is 0 Å². The lowest BCUT2D eigenvalue weighted by atomic mass is 10.1. The SMILES string of the molecule is C=C(C)COc1ccccc1C(=O)N1CCNC(=O)C1CC(=O)OCc1ccccc1. The zero-order chi connectivity index (χ0) is 22.2. The van der Waals surface area contributed by atoms with Crippen LogP contribution in [0.15, 0.2) is 66.7 Å². The van der Waals surface area contributed by atoms with Crippen LogP contribution >= 0.6 is 0 Å². The Bertz CT molecular complexity index is 957. The second-order valence-corrected chi connectivity index (χ2v) is 7.40. The number of nitrogens with zero attached hydrogens (tertiary/aromatic N) is 1. The van der Waals surface area contributed by atoms with Crippen molar-refractivity contribution in [2.24, 2.45) is 0 Å². The Morgan fingerprint density at radius 3 is 2.58 bits per heavy atom. The molecule has 1 heterocycles. The predicted molar refractivity (Wildman–Crippen MR) is 115 cm³/mol. The van der Waals surface area contributed by atoms with Gasteiger partial charge in [-0.05, 0) is 30.2 Å². The maximum absolute atomic E-state index is 13.3. The molecule has 0 bridgehead atoms. The number of piperazine rings is 1. The molecule has 3 rings (SSSR count). The summed E-state index contributed by atoms with van der Waals surface area (Å²) < 4.78 is 11.0. The molecule has 2 amide bonds. The normalized spacial score (nSPS) is 15.7.